The molecule has 1 fully saturated rings. The molecule has 6 heteroatoms. The summed E-state index contributed by atoms with van der Waals surface area (Å²) in [6.45, 7) is 2.24. The number of rotatable bonds is 5. The van der Waals surface area contributed by atoms with Gasteiger partial charge in [-0.05, 0) is 12.1 Å². The van der Waals surface area contributed by atoms with E-state index in [1.165, 1.54) is 0 Å². The first kappa shape index (κ1) is 15.9. The van der Waals surface area contributed by atoms with Crippen molar-refractivity contribution in [2.45, 2.75) is 25.0 Å². The van der Waals surface area contributed by atoms with Crippen molar-refractivity contribution in [3.8, 4) is 5.75 Å². The lowest BCUT2D eigenvalue weighted by molar-refractivity contribution is -0.0617. The number of hydrogen-bond acceptors (Lipinski definition) is 4. The fourth-order valence-corrected chi connectivity index (χ4v) is 2.94. The van der Waals surface area contributed by atoms with E-state index in [0.29, 0.717) is 54.9 Å². The molecule has 20 heavy (non-hydrogen) atoms. The molecule has 0 spiro atoms. The first-order chi connectivity index (χ1) is 9.54. The van der Waals surface area contributed by atoms with Crippen LogP contribution in [0.5, 0.6) is 5.75 Å². The third kappa shape index (κ3) is 3.99. The van der Waals surface area contributed by atoms with Crippen molar-refractivity contribution >= 4 is 23.2 Å². The highest BCUT2D eigenvalue weighted by molar-refractivity contribution is 6.35. The maximum absolute atomic E-state index is 10.4. The molecule has 4 nitrogen and oxygen atoms in total. The van der Waals surface area contributed by atoms with Gasteiger partial charge in [0.05, 0.1) is 17.7 Å². The number of hydrogen-bond donors (Lipinski definition) is 2. The van der Waals surface area contributed by atoms with Crippen LogP contribution in [0.2, 0.25) is 10.0 Å². The summed E-state index contributed by atoms with van der Waals surface area (Å²) in [5.41, 5.74) is 0.175. The van der Waals surface area contributed by atoms with Crippen LogP contribution >= 0.6 is 23.2 Å². The fourth-order valence-electron chi connectivity index (χ4n) is 2.33. The van der Waals surface area contributed by atoms with Crippen LogP contribution in [0.15, 0.2) is 12.1 Å². The molecule has 0 bridgehead atoms. The summed E-state index contributed by atoms with van der Waals surface area (Å²) in [6.07, 6.45) is 1.29. The lowest BCUT2D eigenvalue weighted by Gasteiger charge is -2.32. The summed E-state index contributed by atoms with van der Waals surface area (Å²) in [6, 6.07) is 3.46. The Kier molecular flexibility index (Phi) is 5.52. The van der Waals surface area contributed by atoms with Crippen molar-refractivity contribution in [1.29, 1.82) is 0 Å². The van der Waals surface area contributed by atoms with E-state index in [9.17, 15) is 5.11 Å². The Labute approximate surface area is 129 Å². The van der Waals surface area contributed by atoms with Crippen molar-refractivity contribution in [2.75, 3.05) is 26.9 Å². The van der Waals surface area contributed by atoms with E-state index in [1.807, 2.05) is 6.07 Å². The van der Waals surface area contributed by atoms with Crippen molar-refractivity contribution in [2.24, 2.45) is 0 Å². The van der Waals surface area contributed by atoms with Gasteiger partial charge < -0.3 is 19.9 Å². The van der Waals surface area contributed by atoms with Crippen molar-refractivity contribution in [1.82, 2.24) is 5.32 Å². The lowest BCUT2D eigenvalue weighted by atomic mass is 9.94. The summed E-state index contributed by atoms with van der Waals surface area (Å²) >= 11 is 12.1. The normalized spacial score (nSPS) is 18.0. The Bertz CT molecular complexity index is 462. The van der Waals surface area contributed by atoms with Crippen LogP contribution < -0.4 is 10.1 Å². The number of methoxy groups -OCH3 is 1. The standard InChI is InChI=1S/C14H19Cl2NO3/c1-19-13-10(6-11(15)7-12(13)16)8-17-9-14(18)2-4-20-5-3-14/h6-7,17-18H,2-5,8-9H2,1H3. The van der Waals surface area contributed by atoms with Gasteiger partial charge in [-0.3, -0.25) is 0 Å². The SMILES string of the molecule is COc1c(Cl)cc(Cl)cc1CNCC1(O)CCOCC1. The summed E-state index contributed by atoms with van der Waals surface area (Å²) in [7, 11) is 1.57. The van der Waals surface area contributed by atoms with Crippen molar-refractivity contribution in [3.63, 3.8) is 0 Å². The summed E-state index contributed by atoms with van der Waals surface area (Å²) < 4.78 is 10.5. The zero-order valence-electron chi connectivity index (χ0n) is 11.4. The second-order valence-electron chi connectivity index (χ2n) is 5.02. The van der Waals surface area contributed by atoms with Crippen LogP contribution in [-0.4, -0.2) is 37.6 Å². The monoisotopic (exact) mass is 319 g/mol. The number of benzene rings is 1. The molecule has 2 rings (SSSR count). The van der Waals surface area contributed by atoms with Gasteiger partial charge in [-0.15, -0.1) is 0 Å². The van der Waals surface area contributed by atoms with Gasteiger partial charge >= 0.3 is 0 Å². The minimum atomic E-state index is -0.701. The van der Waals surface area contributed by atoms with E-state index in [-0.39, 0.29) is 0 Å². The molecular formula is C14H19Cl2NO3. The number of halogens is 2. The Morgan fingerprint density at radius 1 is 1.35 bits per heavy atom. The summed E-state index contributed by atoms with van der Waals surface area (Å²) in [5.74, 6) is 0.613. The Morgan fingerprint density at radius 3 is 2.70 bits per heavy atom. The molecule has 0 radical (unpaired) electrons. The third-order valence-electron chi connectivity index (χ3n) is 3.48. The van der Waals surface area contributed by atoms with Crippen molar-refractivity contribution < 1.29 is 14.6 Å². The van der Waals surface area contributed by atoms with Gasteiger partial charge in [0.2, 0.25) is 0 Å². The summed E-state index contributed by atoms with van der Waals surface area (Å²) in [4.78, 5) is 0. The molecule has 1 heterocycles. The van der Waals surface area contributed by atoms with Crippen LogP contribution in [0, 0.1) is 0 Å². The molecule has 1 aliphatic rings. The van der Waals surface area contributed by atoms with Crippen LogP contribution in [0.4, 0.5) is 0 Å². The van der Waals surface area contributed by atoms with E-state index in [1.54, 1.807) is 13.2 Å². The molecule has 0 aliphatic carbocycles. The average Bonchev–Trinajstić information content (AvgIpc) is 2.39. The molecule has 112 valence electrons. The van der Waals surface area contributed by atoms with E-state index >= 15 is 0 Å². The Morgan fingerprint density at radius 2 is 2.05 bits per heavy atom. The molecule has 0 atom stereocenters. The minimum Gasteiger partial charge on any atom is -0.495 e. The highest BCUT2D eigenvalue weighted by atomic mass is 35.5. The fraction of sp³-hybridized carbons (Fsp3) is 0.571. The van der Waals surface area contributed by atoms with Crippen LogP contribution in [0.1, 0.15) is 18.4 Å². The quantitative estimate of drug-likeness (QED) is 0.876. The molecule has 1 aromatic carbocycles. The maximum Gasteiger partial charge on any atom is 0.142 e. The predicted molar refractivity (Wildman–Crippen MR) is 79.7 cm³/mol. The zero-order chi connectivity index (χ0) is 14.6. The van der Waals surface area contributed by atoms with Gasteiger partial charge in [-0.1, -0.05) is 23.2 Å². The van der Waals surface area contributed by atoms with Gasteiger partial charge in [-0.2, -0.15) is 0 Å². The first-order valence-electron chi connectivity index (χ1n) is 6.57. The smallest absolute Gasteiger partial charge is 0.142 e. The van der Waals surface area contributed by atoms with Gasteiger partial charge in [0.15, 0.2) is 0 Å². The molecule has 2 N–H and O–H groups in total. The largest absolute Gasteiger partial charge is 0.495 e. The molecule has 1 aliphatic heterocycles. The summed E-state index contributed by atoms with van der Waals surface area (Å²) in [5, 5.41) is 14.7. The predicted octanol–water partition coefficient (Wildman–Crippen LogP) is 2.63. The average molecular weight is 320 g/mol. The van der Waals surface area contributed by atoms with Gasteiger partial charge in [0.1, 0.15) is 5.75 Å². The maximum atomic E-state index is 10.4. The van der Waals surface area contributed by atoms with Crippen LogP contribution in [0.3, 0.4) is 0 Å². The third-order valence-corrected chi connectivity index (χ3v) is 3.98. The second kappa shape index (κ2) is 6.96. The minimum absolute atomic E-state index is 0.488. The van der Waals surface area contributed by atoms with Crippen molar-refractivity contribution in [3.05, 3.63) is 27.7 Å². The van der Waals surface area contributed by atoms with E-state index in [2.05, 4.69) is 5.32 Å². The molecular weight excluding hydrogens is 301 g/mol. The second-order valence-corrected chi connectivity index (χ2v) is 5.86. The lowest BCUT2D eigenvalue weighted by Crippen LogP contribution is -2.44. The molecule has 1 aromatic rings. The Hall–Kier alpha value is -0.520. The molecule has 0 amide bonds. The number of aliphatic hydroxyl groups is 1. The van der Waals surface area contributed by atoms with Crippen LogP contribution in [0.25, 0.3) is 0 Å². The molecule has 0 saturated carbocycles. The highest BCUT2D eigenvalue weighted by Gasteiger charge is 2.29. The first-order valence-corrected chi connectivity index (χ1v) is 7.32. The zero-order valence-corrected chi connectivity index (χ0v) is 12.9. The van der Waals surface area contributed by atoms with Gasteiger partial charge in [-0.25, -0.2) is 0 Å². The topological polar surface area (TPSA) is 50.7 Å². The van der Waals surface area contributed by atoms with E-state index in [4.69, 9.17) is 32.7 Å². The molecule has 1 saturated heterocycles. The van der Waals surface area contributed by atoms with Crippen LogP contribution in [-0.2, 0) is 11.3 Å². The number of nitrogens with one attached hydrogen (secondary N) is 1. The van der Waals surface area contributed by atoms with E-state index < -0.39 is 5.60 Å². The number of ether oxygens (including phenoxy) is 2. The molecule has 0 unspecified atom stereocenters. The van der Waals surface area contributed by atoms with Gasteiger partial charge in [0.25, 0.3) is 0 Å². The highest BCUT2D eigenvalue weighted by Crippen LogP contribution is 2.32. The molecule has 0 aromatic heterocycles. The van der Waals surface area contributed by atoms with Gasteiger partial charge in [0, 0.05) is 49.7 Å². The van der Waals surface area contributed by atoms with E-state index in [0.717, 1.165) is 5.56 Å². The Balaban J connectivity index is 1.97.